The molecule has 1 amide bonds. The van der Waals surface area contributed by atoms with E-state index in [1.54, 1.807) is 0 Å². The largest absolute Gasteiger partial charge is 0.426 e. The van der Waals surface area contributed by atoms with Crippen LogP contribution < -0.4 is 9.04 Å². The van der Waals surface area contributed by atoms with Gasteiger partial charge in [-0.05, 0) is 58.4 Å². The maximum Gasteiger partial charge on any atom is 0.308 e. The Kier molecular flexibility index (Phi) is 5.87. The maximum atomic E-state index is 12.8. The zero-order valence-electron chi connectivity index (χ0n) is 13.2. The summed E-state index contributed by atoms with van der Waals surface area (Å²) in [6.45, 7) is 2.38. The molecule has 0 aliphatic rings. The van der Waals surface area contributed by atoms with E-state index in [9.17, 15) is 18.0 Å². The molecule has 2 rings (SSSR count). The minimum Gasteiger partial charge on any atom is -0.426 e. The van der Waals surface area contributed by atoms with Gasteiger partial charge >= 0.3 is 5.97 Å². The smallest absolute Gasteiger partial charge is 0.308 e. The number of rotatable bonds is 4. The van der Waals surface area contributed by atoms with Gasteiger partial charge in [-0.15, -0.1) is 0 Å². The first-order valence-electron chi connectivity index (χ1n) is 6.92. The number of esters is 1. The van der Waals surface area contributed by atoms with Crippen LogP contribution >= 0.6 is 27.5 Å². The quantitative estimate of drug-likeness (QED) is 0.527. The van der Waals surface area contributed by atoms with E-state index in [1.165, 1.54) is 49.4 Å². The van der Waals surface area contributed by atoms with Crippen molar-refractivity contribution in [2.45, 2.75) is 18.7 Å². The highest BCUT2D eigenvalue weighted by molar-refractivity contribution is 9.10. The molecule has 132 valence electrons. The van der Waals surface area contributed by atoms with Crippen LogP contribution in [0.1, 0.15) is 13.8 Å². The van der Waals surface area contributed by atoms with E-state index in [1.807, 2.05) is 0 Å². The third-order valence-electron chi connectivity index (χ3n) is 3.04. The summed E-state index contributed by atoms with van der Waals surface area (Å²) in [6.07, 6.45) is 0. The summed E-state index contributed by atoms with van der Waals surface area (Å²) in [5.74, 6) is -1.00. The van der Waals surface area contributed by atoms with Gasteiger partial charge in [0.05, 0.1) is 15.1 Å². The molecule has 2 aromatic rings. The monoisotopic (exact) mass is 445 g/mol. The summed E-state index contributed by atoms with van der Waals surface area (Å²) < 4.78 is 31.6. The second-order valence-electron chi connectivity index (χ2n) is 4.95. The number of nitrogens with zero attached hydrogens (tertiary/aromatic N) is 1. The van der Waals surface area contributed by atoms with Crippen molar-refractivity contribution in [3.05, 3.63) is 52.0 Å². The van der Waals surface area contributed by atoms with Crippen molar-refractivity contribution in [2.75, 3.05) is 4.31 Å². The van der Waals surface area contributed by atoms with Crippen molar-refractivity contribution in [2.24, 2.45) is 0 Å². The number of hydrogen-bond donors (Lipinski definition) is 0. The lowest BCUT2D eigenvalue weighted by molar-refractivity contribution is -0.132. The lowest BCUT2D eigenvalue weighted by atomic mass is 10.3. The summed E-state index contributed by atoms with van der Waals surface area (Å²) in [6, 6.07) is 9.63. The molecule has 0 heterocycles. The number of carbonyl (C=O) groups is 2. The molecule has 0 spiro atoms. The first kappa shape index (κ1) is 19.4. The van der Waals surface area contributed by atoms with Gasteiger partial charge < -0.3 is 4.74 Å². The van der Waals surface area contributed by atoms with E-state index in [0.29, 0.717) is 13.8 Å². The van der Waals surface area contributed by atoms with Gasteiger partial charge in [-0.3, -0.25) is 9.59 Å². The van der Waals surface area contributed by atoms with Crippen molar-refractivity contribution >= 4 is 55.1 Å². The van der Waals surface area contributed by atoms with Crippen LogP contribution in [0.25, 0.3) is 0 Å². The van der Waals surface area contributed by atoms with Gasteiger partial charge in [0.1, 0.15) is 5.75 Å². The Bertz CT molecular complexity index is 928. The number of ether oxygens (including phenoxy) is 1. The lowest BCUT2D eigenvalue weighted by Gasteiger charge is -2.21. The molecule has 2 aromatic carbocycles. The van der Waals surface area contributed by atoms with Gasteiger partial charge in [0.25, 0.3) is 10.0 Å². The second kappa shape index (κ2) is 7.55. The van der Waals surface area contributed by atoms with E-state index in [4.69, 9.17) is 16.3 Å². The second-order valence-corrected chi connectivity index (χ2v) is 8.03. The molecule has 0 aliphatic carbocycles. The third kappa shape index (κ3) is 4.39. The van der Waals surface area contributed by atoms with Crippen LogP contribution in [0.5, 0.6) is 5.75 Å². The van der Waals surface area contributed by atoms with Crippen molar-refractivity contribution in [1.82, 2.24) is 0 Å². The fourth-order valence-corrected chi connectivity index (χ4v) is 4.05. The molecule has 0 N–H and O–H groups in total. The Morgan fingerprint density at radius 3 is 2.16 bits per heavy atom. The summed E-state index contributed by atoms with van der Waals surface area (Å²) in [5.41, 5.74) is 0.102. The number of benzene rings is 2. The Morgan fingerprint density at radius 2 is 1.68 bits per heavy atom. The van der Waals surface area contributed by atoms with Crippen LogP contribution in [-0.4, -0.2) is 20.3 Å². The Labute approximate surface area is 158 Å². The van der Waals surface area contributed by atoms with Crippen LogP contribution in [0.4, 0.5) is 5.69 Å². The molecular formula is C16H13BrClNO5S. The first-order chi connectivity index (χ1) is 11.6. The standard InChI is InChI=1S/C16H13BrClNO5S/c1-10(20)19(25(22,23)14-6-3-12(18)4-7-14)13-5-8-16(15(17)9-13)24-11(2)21/h3-9H,1-2H3. The summed E-state index contributed by atoms with van der Waals surface area (Å²) in [5, 5.41) is 0.377. The Morgan fingerprint density at radius 1 is 1.08 bits per heavy atom. The van der Waals surface area contributed by atoms with E-state index < -0.39 is 21.9 Å². The normalized spacial score (nSPS) is 11.0. The molecule has 0 saturated carbocycles. The average molecular weight is 447 g/mol. The number of anilines is 1. The molecule has 6 nitrogen and oxygen atoms in total. The molecule has 0 aliphatic heterocycles. The molecule has 0 saturated heterocycles. The van der Waals surface area contributed by atoms with E-state index in [0.717, 1.165) is 6.92 Å². The number of sulfonamides is 1. The van der Waals surface area contributed by atoms with Crippen molar-refractivity contribution < 1.29 is 22.7 Å². The zero-order valence-corrected chi connectivity index (χ0v) is 16.4. The molecule has 0 unspecified atom stereocenters. The first-order valence-corrected chi connectivity index (χ1v) is 9.53. The molecule has 0 atom stereocenters. The third-order valence-corrected chi connectivity index (χ3v) is 5.73. The SMILES string of the molecule is CC(=O)Oc1ccc(N(C(C)=O)S(=O)(=O)c2ccc(Cl)cc2)cc1Br. The highest BCUT2D eigenvalue weighted by atomic mass is 79.9. The van der Waals surface area contributed by atoms with Gasteiger partial charge in [0, 0.05) is 18.9 Å². The lowest BCUT2D eigenvalue weighted by Crippen LogP contribution is -2.35. The van der Waals surface area contributed by atoms with Crippen LogP contribution in [0, 0.1) is 0 Å². The highest BCUT2D eigenvalue weighted by Crippen LogP contribution is 2.32. The van der Waals surface area contributed by atoms with Crippen LogP contribution in [0.3, 0.4) is 0 Å². The molecule has 25 heavy (non-hydrogen) atoms. The Balaban J connectivity index is 2.51. The van der Waals surface area contributed by atoms with Gasteiger partial charge in [-0.1, -0.05) is 11.6 Å². The van der Waals surface area contributed by atoms with Crippen LogP contribution in [-0.2, 0) is 19.6 Å². The zero-order chi connectivity index (χ0) is 18.8. The van der Waals surface area contributed by atoms with Gasteiger partial charge in [0.2, 0.25) is 5.91 Å². The summed E-state index contributed by atoms with van der Waals surface area (Å²) in [4.78, 5) is 23.0. The predicted octanol–water partition coefficient (Wildman–Crippen LogP) is 3.77. The molecule has 0 bridgehead atoms. The molecule has 0 radical (unpaired) electrons. The summed E-state index contributed by atoms with van der Waals surface area (Å²) in [7, 11) is -4.13. The van der Waals surface area contributed by atoms with Crippen molar-refractivity contribution in [3.63, 3.8) is 0 Å². The molecule has 0 fully saturated rings. The highest BCUT2D eigenvalue weighted by Gasteiger charge is 2.29. The topological polar surface area (TPSA) is 80.8 Å². The predicted molar refractivity (Wildman–Crippen MR) is 97.2 cm³/mol. The fraction of sp³-hybridized carbons (Fsp3) is 0.125. The average Bonchev–Trinajstić information content (AvgIpc) is 2.49. The minimum absolute atomic E-state index is 0.0766. The van der Waals surface area contributed by atoms with Gasteiger partial charge in [-0.25, -0.2) is 12.7 Å². The van der Waals surface area contributed by atoms with Gasteiger partial charge in [0.15, 0.2) is 0 Å². The van der Waals surface area contributed by atoms with Crippen molar-refractivity contribution in [3.8, 4) is 5.75 Å². The molecular weight excluding hydrogens is 434 g/mol. The van der Waals surface area contributed by atoms with E-state index in [2.05, 4.69) is 15.9 Å². The fourth-order valence-electron chi connectivity index (χ4n) is 2.06. The maximum absolute atomic E-state index is 12.8. The van der Waals surface area contributed by atoms with Gasteiger partial charge in [-0.2, -0.15) is 0 Å². The van der Waals surface area contributed by atoms with Crippen molar-refractivity contribution in [1.29, 1.82) is 0 Å². The van der Waals surface area contributed by atoms with Crippen LogP contribution in [0.2, 0.25) is 5.02 Å². The minimum atomic E-state index is -4.13. The molecule has 9 heteroatoms. The van der Waals surface area contributed by atoms with E-state index >= 15 is 0 Å². The molecule has 0 aromatic heterocycles. The Hall–Kier alpha value is -1.90. The van der Waals surface area contributed by atoms with Crippen LogP contribution in [0.15, 0.2) is 51.8 Å². The summed E-state index contributed by atoms with van der Waals surface area (Å²) >= 11 is 8.98. The van der Waals surface area contributed by atoms with E-state index in [-0.39, 0.29) is 16.3 Å². The number of carbonyl (C=O) groups excluding carboxylic acids is 2. The number of hydrogen-bond acceptors (Lipinski definition) is 5. The number of amides is 1. The number of halogens is 2.